The van der Waals surface area contributed by atoms with Gasteiger partial charge in [0.1, 0.15) is 0 Å². The van der Waals surface area contributed by atoms with Gasteiger partial charge in [-0.05, 0) is 61.7 Å². The normalized spacial score (nSPS) is 13.8. The summed E-state index contributed by atoms with van der Waals surface area (Å²) >= 11 is 6.32. The van der Waals surface area contributed by atoms with Crippen LogP contribution < -0.4 is 19.7 Å². The van der Waals surface area contributed by atoms with Gasteiger partial charge in [-0.3, -0.25) is 9.59 Å². The summed E-state index contributed by atoms with van der Waals surface area (Å²) in [6.07, 6.45) is 4.59. The van der Waals surface area contributed by atoms with Gasteiger partial charge in [-0.15, -0.1) is 0 Å². The van der Waals surface area contributed by atoms with Crippen molar-refractivity contribution in [2.75, 3.05) is 18.6 Å². The molecule has 0 radical (unpaired) electrons. The lowest BCUT2D eigenvalue weighted by atomic mass is 10.1. The molecule has 2 amide bonds. The smallest absolute Gasteiger partial charge is 0.244 e. The van der Waals surface area contributed by atoms with Crippen molar-refractivity contribution in [3.63, 3.8) is 0 Å². The van der Waals surface area contributed by atoms with E-state index in [1.54, 1.807) is 30.2 Å². The van der Waals surface area contributed by atoms with Crippen LogP contribution in [0.15, 0.2) is 42.5 Å². The van der Waals surface area contributed by atoms with Crippen molar-refractivity contribution in [1.82, 2.24) is 5.32 Å². The summed E-state index contributed by atoms with van der Waals surface area (Å²) in [5.41, 5.74) is 2.58. The van der Waals surface area contributed by atoms with E-state index in [1.807, 2.05) is 38.1 Å². The zero-order valence-electron chi connectivity index (χ0n) is 18.0. The standard InChI is InChI=1S/C24H27ClN2O4/c1-16(2)31-24-20(25)13-18(14-21(24)30-3)8-11-22(28)26-15-17-6-9-19(10-7-17)27-12-4-5-23(27)29/h6-11,13-14,16H,4-5,12,15H2,1-3H3,(H,26,28)/b11-8+. The summed E-state index contributed by atoms with van der Waals surface area (Å²) in [4.78, 5) is 25.8. The molecule has 1 aliphatic heterocycles. The summed E-state index contributed by atoms with van der Waals surface area (Å²) in [6.45, 7) is 4.97. The fourth-order valence-corrected chi connectivity index (χ4v) is 3.58. The zero-order chi connectivity index (χ0) is 22.4. The molecule has 1 aliphatic rings. The van der Waals surface area contributed by atoms with Crippen LogP contribution in [0.1, 0.15) is 37.8 Å². The maximum atomic E-state index is 12.2. The molecule has 31 heavy (non-hydrogen) atoms. The van der Waals surface area contributed by atoms with Crippen LogP contribution in [0.2, 0.25) is 5.02 Å². The molecule has 1 fully saturated rings. The minimum Gasteiger partial charge on any atom is -0.493 e. The van der Waals surface area contributed by atoms with Crippen LogP contribution in [-0.2, 0) is 16.1 Å². The third-order valence-electron chi connectivity index (χ3n) is 4.82. The molecule has 0 spiro atoms. The summed E-state index contributed by atoms with van der Waals surface area (Å²) < 4.78 is 11.1. The summed E-state index contributed by atoms with van der Waals surface area (Å²) in [5.74, 6) is 0.931. The molecule has 0 aromatic heterocycles. The summed E-state index contributed by atoms with van der Waals surface area (Å²) in [5, 5.41) is 3.27. The second-order valence-corrected chi connectivity index (χ2v) is 7.97. The Morgan fingerprint density at radius 2 is 2.00 bits per heavy atom. The first-order chi connectivity index (χ1) is 14.9. The van der Waals surface area contributed by atoms with Crippen molar-refractivity contribution in [2.45, 2.75) is 39.3 Å². The van der Waals surface area contributed by atoms with Crippen LogP contribution in [-0.4, -0.2) is 31.6 Å². The average Bonchev–Trinajstić information content (AvgIpc) is 3.18. The third kappa shape index (κ3) is 6.01. The van der Waals surface area contributed by atoms with Gasteiger partial charge in [0.05, 0.1) is 18.2 Å². The number of methoxy groups -OCH3 is 1. The maximum Gasteiger partial charge on any atom is 0.244 e. The van der Waals surface area contributed by atoms with Crippen molar-refractivity contribution in [3.05, 3.63) is 58.6 Å². The highest BCUT2D eigenvalue weighted by molar-refractivity contribution is 6.32. The molecule has 1 N–H and O–H groups in total. The Morgan fingerprint density at radius 1 is 1.26 bits per heavy atom. The number of nitrogens with zero attached hydrogens (tertiary/aromatic N) is 1. The number of nitrogens with one attached hydrogen (secondary N) is 1. The number of ether oxygens (including phenoxy) is 2. The number of hydrogen-bond donors (Lipinski definition) is 1. The van der Waals surface area contributed by atoms with Crippen LogP contribution >= 0.6 is 11.6 Å². The molecule has 164 valence electrons. The molecule has 1 saturated heterocycles. The van der Waals surface area contributed by atoms with Crippen LogP contribution in [0.4, 0.5) is 5.69 Å². The van der Waals surface area contributed by atoms with Gasteiger partial charge in [-0.2, -0.15) is 0 Å². The highest BCUT2D eigenvalue weighted by atomic mass is 35.5. The molecule has 0 bridgehead atoms. The molecular formula is C24H27ClN2O4. The molecule has 7 heteroatoms. The molecule has 2 aromatic rings. The molecular weight excluding hydrogens is 416 g/mol. The van der Waals surface area contributed by atoms with Gasteiger partial charge in [0.25, 0.3) is 0 Å². The number of amides is 2. The fourth-order valence-electron chi connectivity index (χ4n) is 3.32. The summed E-state index contributed by atoms with van der Waals surface area (Å²) in [7, 11) is 1.55. The van der Waals surface area contributed by atoms with Crippen LogP contribution in [0.3, 0.4) is 0 Å². The lowest BCUT2D eigenvalue weighted by Crippen LogP contribution is -2.23. The maximum absolute atomic E-state index is 12.2. The van der Waals surface area contributed by atoms with Crippen molar-refractivity contribution < 1.29 is 19.1 Å². The van der Waals surface area contributed by atoms with Gasteiger partial charge in [0.2, 0.25) is 11.8 Å². The number of carbonyl (C=O) groups excluding carboxylic acids is 2. The Kier molecular flexibility index (Phi) is 7.58. The molecule has 3 rings (SSSR count). The molecule has 0 atom stereocenters. The predicted octanol–water partition coefficient (Wildman–Crippen LogP) is 4.59. The van der Waals surface area contributed by atoms with Crippen LogP contribution in [0.5, 0.6) is 11.5 Å². The van der Waals surface area contributed by atoms with E-state index in [-0.39, 0.29) is 17.9 Å². The summed E-state index contributed by atoms with van der Waals surface area (Å²) in [6, 6.07) is 11.2. The Balaban J connectivity index is 1.58. The van der Waals surface area contributed by atoms with E-state index in [4.69, 9.17) is 21.1 Å². The quantitative estimate of drug-likeness (QED) is 0.607. The molecule has 2 aromatic carbocycles. The highest BCUT2D eigenvalue weighted by Crippen LogP contribution is 2.37. The monoisotopic (exact) mass is 442 g/mol. The minimum atomic E-state index is -0.226. The van der Waals surface area contributed by atoms with Gasteiger partial charge < -0.3 is 19.7 Å². The van der Waals surface area contributed by atoms with E-state index in [0.717, 1.165) is 29.8 Å². The largest absolute Gasteiger partial charge is 0.493 e. The molecule has 0 unspecified atom stereocenters. The van der Waals surface area contributed by atoms with Gasteiger partial charge in [-0.25, -0.2) is 0 Å². The first kappa shape index (κ1) is 22.7. The third-order valence-corrected chi connectivity index (χ3v) is 5.10. The number of halogens is 1. The Bertz CT molecular complexity index is 970. The van der Waals surface area contributed by atoms with Gasteiger partial charge in [0.15, 0.2) is 11.5 Å². The zero-order valence-corrected chi connectivity index (χ0v) is 18.7. The Hall–Kier alpha value is -2.99. The Morgan fingerprint density at radius 3 is 2.61 bits per heavy atom. The van der Waals surface area contributed by atoms with Crippen molar-refractivity contribution in [1.29, 1.82) is 0 Å². The molecule has 6 nitrogen and oxygen atoms in total. The number of anilines is 1. The van der Waals surface area contributed by atoms with E-state index in [9.17, 15) is 9.59 Å². The first-order valence-electron chi connectivity index (χ1n) is 10.3. The number of rotatable bonds is 8. The highest BCUT2D eigenvalue weighted by Gasteiger charge is 2.21. The number of carbonyl (C=O) groups is 2. The van der Waals surface area contributed by atoms with Crippen molar-refractivity contribution in [3.8, 4) is 11.5 Å². The average molecular weight is 443 g/mol. The second-order valence-electron chi connectivity index (χ2n) is 7.57. The Labute approximate surface area is 187 Å². The second kappa shape index (κ2) is 10.4. The van der Waals surface area contributed by atoms with Gasteiger partial charge in [-0.1, -0.05) is 23.7 Å². The van der Waals surface area contributed by atoms with E-state index < -0.39 is 0 Å². The van der Waals surface area contributed by atoms with E-state index >= 15 is 0 Å². The van der Waals surface area contributed by atoms with E-state index in [2.05, 4.69) is 5.32 Å². The van der Waals surface area contributed by atoms with Gasteiger partial charge >= 0.3 is 0 Å². The first-order valence-corrected chi connectivity index (χ1v) is 10.6. The predicted molar refractivity (Wildman–Crippen MR) is 123 cm³/mol. The van der Waals surface area contributed by atoms with Crippen LogP contribution in [0.25, 0.3) is 6.08 Å². The number of benzene rings is 2. The topological polar surface area (TPSA) is 67.9 Å². The minimum absolute atomic E-state index is 0.0384. The van der Waals surface area contributed by atoms with Crippen molar-refractivity contribution >= 4 is 35.2 Å². The number of hydrogen-bond acceptors (Lipinski definition) is 4. The van der Waals surface area contributed by atoms with Gasteiger partial charge in [0, 0.05) is 31.3 Å². The SMILES string of the molecule is COc1cc(/C=C/C(=O)NCc2ccc(N3CCCC3=O)cc2)cc(Cl)c1OC(C)C. The van der Waals surface area contributed by atoms with Crippen LogP contribution in [0, 0.1) is 0 Å². The fraction of sp³-hybridized carbons (Fsp3) is 0.333. The lowest BCUT2D eigenvalue weighted by molar-refractivity contribution is -0.117. The van der Waals surface area contributed by atoms with Crippen molar-refractivity contribution in [2.24, 2.45) is 0 Å². The molecule has 1 heterocycles. The lowest BCUT2D eigenvalue weighted by Gasteiger charge is -2.16. The molecule has 0 saturated carbocycles. The molecule has 0 aliphatic carbocycles. The van der Waals surface area contributed by atoms with E-state index in [1.165, 1.54) is 6.08 Å². The van der Waals surface area contributed by atoms with E-state index in [0.29, 0.717) is 29.5 Å².